The molecule has 2 amide bonds. The summed E-state index contributed by atoms with van der Waals surface area (Å²) in [7, 11) is 0. The average molecular weight is 315 g/mol. The molecule has 1 aliphatic rings. The third kappa shape index (κ3) is 3.65. The minimum Gasteiger partial charge on any atom is -0.478 e. The summed E-state index contributed by atoms with van der Waals surface area (Å²) in [5.74, 6) is -0.0194. The molecule has 1 aliphatic heterocycles. The lowest BCUT2D eigenvalue weighted by atomic mass is 10.1. The van der Waals surface area contributed by atoms with Gasteiger partial charge >= 0.3 is 12.0 Å². The van der Waals surface area contributed by atoms with Crippen LogP contribution in [0.15, 0.2) is 30.6 Å². The van der Waals surface area contributed by atoms with Crippen molar-refractivity contribution in [2.45, 2.75) is 32.0 Å². The number of benzene rings is 1. The standard InChI is InChI=1S/C15H17N5O3/c21-14(22)11-3-1-10(2-4-11)7-16-15(23)19-12-5-6-13-17-9-18-20(13)8-12/h1-4,9,12H,5-8H2,(H,21,22)(H2,16,19,23). The maximum Gasteiger partial charge on any atom is 0.335 e. The molecular weight excluding hydrogens is 298 g/mol. The zero-order chi connectivity index (χ0) is 16.2. The van der Waals surface area contributed by atoms with E-state index in [4.69, 9.17) is 5.11 Å². The monoisotopic (exact) mass is 315 g/mol. The fourth-order valence-electron chi connectivity index (χ4n) is 2.54. The van der Waals surface area contributed by atoms with Crippen molar-refractivity contribution in [1.29, 1.82) is 0 Å². The van der Waals surface area contributed by atoms with Crippen molar-refractivity contribution in [2.75, 3.05) is 0 Å². The van der Waals surface area contributed by atoms with Crippen LogP contribution in [0.2, 0.25) is 0 Å². The number of carboxylic acid groups (broad SMARTS) is 1. The first-order chi connectivity index (χ1) is 11.1. The molecule has 1 aromatic heterocycles. The molecule has 0 fully saturated rings. The van der Waals surface area contributed by atoms with Gasteiger partial charge in [-0.1, -0.05) is 12.1 Å². The topological polar surface area (TPSA) is 109 Å². The molecule has 2 aromatic rings. The first-order valence-electron chi connectivity index (χ1n) is 7.35. The summed E-state index contributed by atoms with van der Waals surface area (Å²) in [6.07, 6.45) is 3.15. The van der Waals surface area contributed by atoms with Crippen molar-refractivity contribution in [3.8, 4) is 0 Å². The molecule has 0 saturated carbocycles. The molecule has 120 valence electrons. The van der Waals surface area contributed by atoms with Gasteiger partial charge in [0.1, 0.15) is 12.2 Å². The van der Waals surface area contributed by atoms with Gasteiger partial charge in [-0.25, -0.2) is 19.3 Å². The number of nitrogens with one attached hydrogen (secondary N) is 2. The number of aryl methyl sites for hydroxylation is 1. The van der Waals surface area contributed by atoms with Gasteiger partial charge in [0.2, 0.25) is 0 Å². The Morgan fingerprint density at radius 1 is 1.30 bits per heavy atom. The number of amides is 2. The molecule has 2 heterocycles. The van der Waals surface area contributed by atoms with E-state index in [2.05, 4.69) is 20.7 Å². The van der Waals surface area contributed by atoms with Gasteiger partial charge in [0.15, 0.2) is 0 Å². The zero-order valence-electron chi connectivity index (χ0n) is 12.4. The van der Waals surface area contributed by atoms with Crippen molar-refractivity contribution in [3.05, 3.63) is 47.5 Å². The molecule has 3 rings (SSSR count). The molecule has 1 aromatic carbocycles. The summed E-state index contributed by atoms with van der Waals surface area (Å²) in [6.45, 7) is 0.961. The Morgan fingerprint density at radius 2 is 2.09 bits per heavy atom. The van der Waals surface area contributed by atoms with Gasteiger partial charge in [0.05, 0.1) is 18.2 Å². The summed E-state index contributed by atoms with van der Waals surface area (Å²) in [6, 6.07) is 6.19. The SMILES string of the molecule is O=C(NCc1ccc(C(=O)O)cc1)NC1CCc2ncnn2C1. The zero-order valence-corrected chi connectivity index (χ0v) is 12.4. The van der Waals surface area contributed by atoms with Crippen molar-refractivity contribution in [2.24, 2.45) is 0 Å². The predicted molar refractivity (Wildman–Crippen MR) is 80.9 cm³/mol. The van der Waals surface area contributed by atoms with Gasteiger partial charge < -0.3 is 15.7 Å². The minimum absolute atomic E-state index is 0.0265. The van der Waals surface area contributed by atoms with E-state index in [1.165, 1.54) is 18.5 Å². The Morgan fingerprint density at radius 3 is 2.83 bits per heavy atom. The van der Waals surface area contributed by atoms with Gasteiger partial charge in [-0.15, -0.1) is 0 Å². The second-order valence-electron chi connectivity index (χ2n) is 5.42. The smallest absolute Gasteiger partial charge is 0.335 e. The van der Waals surface area contributed by atoms with Crippen LogP contribution in [-0.4, -0.2) is 37.9 Å². The number of carboxylic acids is 1. The Bertz CT molecular complexity index is 710. The molecule has 0 spiro atoms. The van der Waals surface area contributed by atoms with Crippen LogP contribution in [0.1, 0.15) is 28.2 Å². The average Bonchev–Trinajstić information content (AvgIpc) is 3.01. The third-order valence-electron chi connectivity index (χ3n) is 3.79. The highest BCUT2D eigenvalue weighted by Gasteiger charge is 2.21. The predicted octanol–water partition coefficient (Wildman–Crippen LogP) is 0.790. The molecule has 0 saturated heterocycles. The molecule has 3 N–H and O–H groups in total. The molecule has 8 heteroatoms. The molecular formula is C15H17N5O3. The van der Waals surface area contributed by atoms with E-state index in [-0.39, 0.29) is 17.6 Å². The normalized spacial score (nSPS) is 16.4. The van der Waals surface area contributed by atoms with E-state index in [1.54, 1.807) is 16.8 Å². The highest BCUT2D eigenvalue weighted by atomic mass is 16.4. The first kappa shape index (κ1) is 15.0. The van der Waals surface area contributed by atoms with Gasteiger partial charge in [-0.2, -0.15) is 5.10 Å². The quantitative estimate of drug-likeness (QED) is 0.773. The van der Waals surface area contributed by atoms with E-state index in [9.17, 15) is 9.59 Å². The number of aromatic carboxylic acids is 1. The number of carbonyl (C=O) groups excluding carboxylic acids is 1. The van der Waals surface area contributed by atoms with E-state index in [0.29, 0.717) is 13.1 Å². The lowest BCUT2D eigenvalue weighted by Gasteiger charge is -2.23. The number of fused-ring (bicyclic) bond motifs is 1. The number of aromatic nitrogens is 3. The van der Waals surface area contributed by atoms with E-state index < -0.39 is 5.97 Å². The first-order valence-corrected chi connectivity index (χ1v) is 7.35. The third-order valence-corrected chi connectivity index (χ3v) is 3.79. The van der Waals surface area contributed by atoms with Crippen LogP contribution >= 0.6 is 0 Å². The maximum absolute atomic E-state index is 11.9. The summed E-state index contributed by atoms with van der Waals surface area (Å²) in [5.41, 5.74) is 1.07. The van der Waals surface area contributed by atoms with Gasteiger partial charge in [-0.05, 0) is 24.1 Å². The second-order valence-corrected chi connectivity index (χ2v) is 5.42. The van der Waals surface area contributed by atoms with E-state index >= 15 is 0 Å². The fraction of sp³-hybridized carbons (Fsp3) is 0.333. The second kappa shape index (κ2) is 6.47. The molecule has 8 nitrogen and oxygen atoms in total. The molecule has 0 aliphatic carbocycles. The van der Waals surface area contributed by atoms with Crippen LogP contribution in [0, 0.1) is 0 Å². The van der Waals surface area contributed by atoms with Crippen molar-refractivity contribution in [1.82, 2.24) is 25.4 Å². The summed E-state index contributed by atoms with van der Waals surface area (Å²) >= 11 is 0. The number of hydrogen-bond acceptors (Lipinski definition) is 4. The highest BCUT2D eigenvalue weighted by Crippen LogP contribution is 2.11. The summed E-state index contributed by atoms with van der Waals surface area (Å²) in [5, 5.41) is 18.6. The van der Waals surface area contributed by atoms with E-state index in [1.807, 2.05) is 0 Å². The van der Waals surface area contributed by atoms with Gasteiger partial charge in [0.25, 0.3) is 0 Å². The fourth-order valence-corrected chi connectivity index (χ4v) is 2.54. The maximum atomic E-state index is 11.9. The summed E-state index contributed by atoms with van der Waals surface area (Å²) < 4.78 is 1.80. The molecule has 23 heavy (non-hydrogen) atoms. The molecule has 1 atom stereocenters. The van der Waals surface area contributed by atoms with Crippen LogP contribution in [0.25, 0.3) is 0 Å². The molecule has 0 bridgehead atoms. The van der Waals surface area contributed by atoms with Crippen LogP contribution in [0.3, 0.4) is 0 Å². The largest absolute Gasteiger partial charge is 0.478 e. The van der Waals surface area contributed by atoms with Crippen LogP contribution in [0.4, 0.5) is 4.79 Å². The van der Waals surface area contributed by atoms with Crippen molar-refractivity contribution in [3.63, 3.8) is 0 Å². The van der Waals surface area contributed by atoms with Gasteiger partial charge in [-0.3, -0.25) is 0 Å². The van der Waals surface area contributed by atoms with Crippen LogP contribution < -0.4 is 10.6 Å². The highest BCUT2D eigenvalue weighted by molar-refractivity contribution is 5.87. The Kier molecular flexibility index (Phi) is 4.22. The lowest BCUT2D eigenvalue weighted by Crippen LogP contribution is -2.45. The summed E-state index contributed by atoms with van der Waals surface area (Å²) in [4.78, 5) is 26.9. The number of hydrogen-bond donors (Lipinski definition) is 3. The number of carbonyl (C=O) groups is 2. The Balaban J connectivity index is 1.47. The van der Waals surface area contributed by atoms with Gasteiger partial charge in [0, 0.05) is 13.0 Å². The minimum atomic E-state index is -0.966. The van der Waals surface area contributed by atoms with E-state index in [0.717, 1.165) is 24.2 Å². The number of rotatable bonds is 4. The number of urea groups is 1. The van der Waals surface area contributed by atoms with Crippen molar-refractivity contribution >= 4 is 12.0 Å². The molecule has 1 unspecified atom stereocenters. The van der Waals surface area contributed by atoms with Crippen LogP contribution in [0.5, 0.6) is 0 Å². The van der Waals surface area contributed by atoms with Crippen LogP contribution in [-0.2, 0) is 19.5 Å². The lowest BCUT2D eigenvalue weighted by molar-refractivity contribution is 0.0697. The molecule has 0 radical (unpaired) electrons. The number of nitrogens with zero attached hydrogens (tertiary/aromatic N) is 3. The Labute approximate surface area is 132 Å². The Hall–Kier alpha value is -2.90. The van der Waals surface area contributed by atoms with Crippen molar-refractivity contribution < 1.29 is 14.7 Å².